The molecule has 29 heavy (non-hydrogen) atoms. The number of fused-ring (bicyclic) bond motifs is 1. The molecule has 0 aliphatic carbocycles. The third-order valence-corrected chi connectivity index (χ3v) is 7.38. The maximum Gasteiger partial charge on any atom is 0.223 e. The number of benzene rings is 1. The summed E-state index contributed by atoms with van der Waals surface area (Å²) in [4.78, 5) is 22.8. The molecule has 0 unspecified atom stereocenters. The number of likely N-dealkylation sites (tertiary alicyclic amines) is 1. The van der Waals surface area contributed by atoms with E-state index in [-0.39, 0.29) is 18.5 Å². The smallest absolute Gasteiger partial charge is 0.223 e. The number of para-hydroxylation sites is 1. The SMILES string of the molecule is CS(=O)(=O)N(Cc1cccnc1)C1CN(C(=O)CCc2nc3ccccc3s2)C1. The Morgan fingerprint density at radius 3 is 2.72 bits per heavy atom. The van der Waals surface area contributed by atoms with Crippen LogP contribution < -0.4 is 0 Å². The molecule has 0 atom stereocenters. The van der Waals surface area contributed by atoms with Crippen LogP contribution in [-0.4, -0.2) is 58.9 Å². The molecule has 0 saturated carbocycles. The van der Waals surface area contributed by atoms with E-state index in [1.54, 1.807) is 34.7 Å². The minimum atomic E-state index is -3.38. The van der Waals surface area contributed by atoms with Crippen LogP contribution in [0.5, 0.6) is 0 Å². The van der Waals surface area contributed by atoms with E-state index in [4.69, 9.17) is 0 Å². The standard InChI is InChI=1S/C20H22N4O3S2/c1-29(26,27)24(12-15-5-4-10-21-11-15)16-13-23(14-16)20(25)9-8-19-22-17-6-2-3-7-18(17)28-19/h2-7,10-11,16H,8-9,12-14H2,1H3. The fourth-order valence-electron chi connectivity index (χ4n) is 3.43. The minimum Gasteiger partial charge on any atom is -0.339 e. The lowest BCUT2D eigenvalue weighted by molar-refractivity contribution is -0.137. The Kier molecular flexibility index (Phi) is 5.62. The number of carbonyl (C=O) groups is 1. The van der Waals surface area contributed by atoms with Gasteiger partial charge in [0.1, 0.15) is 0 Å². The van der Waals surface area contributed by atoms with Crippen LogP contribution >= 0.6 is 11.3 Å². The first-order chi connectivity index (χ1) is 13.9. The largest absolute Gasteiger partial charge is 0.339 e. The van der Waals surface area contributed by atoms with E-state index in [1.807, 2.05) is 30.3 Å². The Bertz CT molecular complexity index is 1080. The lowest BCUT2D eigenvalue weighted by atomic mass is 10.1. The average molecular weight is 431 g/mol. The van der Waals surface area contributed by atoms with Crippen molar-refractivity contribution in [3.8, 4) is 0 Å². The van der Waals surface area contributed by atoms with Gasteiger partial charge in [-0.3, -0.25) is 9.78 Å². The summed E-state index contributed by atoms with van der Waals surface area (Å²) in [5, 5.41) is 0.950. The number of rotatable bonds is 7. The van der Waals surface area contributed by atoms with E-state index in [0.29, 0.717) is 25.9 Å². The molecule has 7 nitrogen and oxygen atoms in total. The van der Waals surface area contributed by atoms with Crippen LogP contribution in [0, 0.1) is 0 Å². The van der Waals surface area contributed by atoms with Crippen LogP contribution in [0.15, 0.2) is 48.8 Å². The van der Waals surface area contributed by atoms with Crippen LogP contribution in [-0.2, 0) is 27.8 Å². The molecule has 1 aromatic carbocycles. The number of hydrogen-bond donors (Lipinski definition) is 0. The third kappa shape index (κ3) is 4.63. The summed E-state index contributed by atoms with van der Waals surface area (Å²) in [6.07, 6.45) is 5.51. The second-order valence-corrected chi connectivity index (χ2v) is 10.2. The van der Waals surface area contributed by atoms with Gasteiger partial charge in [-0.2, -0.15) is 4.31 Å². The lowest BCUT2D eigenvalue weighted by Crippen LogP contribution is -2.61. The zero-order valence-corrected chi connectivity index (χ0v) is 17.7. The summed E-state index contributed by atoms with van der Waals surface area (Å²) in [6, 6.07) is 11.4. The van der Waals surface area contributed by atoms with E-state index >= 15 is 0 Å². The maximum absolute atomic E-state index is 12.5. The Balaban J connectivity index is 1.33. The van der Waals surface area contributed by atoms with Crippen LogP contribution in [0.25, 0.3) is 10.2 Å². The molecule has 1 fully saturated rings. The average Bonchev–Trinajstić information content (AvgIpc) is 3.07. The number of carbonyl (C=O) groups excluding carboxylic acids is 1. The van der Waals surface area contributed by atoms with Crippen LogP contribution in [0.4, 0.5) is 0 Å². The fourth-order valence-corrected chi connectivity index (χ4v) is 5.45. The number of hydrogen-bond acceptors (Lipinski definition) is 6. The number of nitrogens with zero attached hydrogens (tertiary/aromatic N) is 4. The highest BCUT2D eigenvalue weighted by Gasteiger charge is 2.38. The van der Waals surface area contributed by atoms with Crippen molar-refractivity contribution >= 4 is 37.5 Å². The molecule has 0 radical (unpaired) electrons. The Labute approximate surface area is 174 Å². The van der Waals surface area contributed by atoms with Gasteiger partial charge in [-0.25, -0.2) is 13.4 Å². The Hall–Kier alpha value is -2.36. The first-order valence-electron chi connectivity index (χ1n) is 9.38. The van der Waals surface area contributed by atoms with Crippen molar-refractivity contribution in [3.05, 3.63) is 59.4 Å². The molecule has 9 heteroatoms. The van der Waals surface area contributed by atoms with Gasteiger partial charge in [0.2, 0.25) is 15.9 Å². The van der Waals surface area contributed by atoms with Gasteiger partial charge in [-0.1, -0.05) is 18.2 Å². The number of amides is 1. The Morgan fingerprint density at radius 1 is 1.24 bits per heavy atom. The fraction of sp³-hybridized carbons (Fsp3) is 0.350. The third-order valence-electron chi connectivity index (χ3n) is 5.00. The van der Waals surface area contributed by atoms with E-state index in [1.165, 1.54) is 10.6 Å². The van der Waals surface area contributed by atoms with Crippen molar-refractivity contribution in [1.82, 2.24) is 19.2 Å². The van der Waals surface area contributed by atoms with Gasteiger partial charge in [0.05, 0.1) is 27.5 Å². The summed E-state index contributed by atoms with van der Waals surface area (Å²) >= 11 is 1.61. The molecular weight excluding hydrogens is 408 g/mol. The predicted molar refractivity (Wildman–Crippen MR) is 113 cm³/mol. The number of aromatic nitrogens is 2. The van der Waals surface area contributed by atoms with Gasteiger partial charge in [0, 0.05) is 44.9 Å². The minimum absolute atomic E-state index is 0.0373. The number of thiazole rings is 1. The molecule has 3 heterocycles. The zero-order valence-electron chi connectivity index (χ0n) is 16.1. The molecule has 2 aromatic heterocycles. The molecule has 3 aromatic rings. The van der Waals surface area contributed by atoms with Crippen molar-refractivity contribution in [3.63, 3.8) is 0 Å². The van der Waals surface area contributed by atoms with Crippen molar-refractivity contribution < 1.29 is 13.2 Å². The molecule has 0 spiro atoms. The van der Waals surface area contributed by atoms with Gasteiger partial charge in [-0.15, -0.1) is 11.3 Å². The molecule has 1 aliphatic heterocycles. The van der Waals surface area contributed by atoms with Crippen LogP contribution in [0.1, 0.15) is 17.0 Å². The number of sulfonamides is 1. The number of pyridine rings is 1. The highest BCUT2D eigenvalue weighted by Crippen LogP contribution is 2.24. The van der Waals surface area contributed by atoms with E-state index in [2.05, 4.69) is 9.97 Å². The van der Waals surface area contributed by atoms with Crippen molar-refractivity contribution in [2.75, 3.05) is 19.3 Å². The van der Waals surface area contributed by atoms with E-state index < -0.39 is 10.0 Å². The first-order valence-corrected chi connectivity index (χ1v) is 12.0. The molecular formula is C20H22N4O3S2. The zero-order chi connectivity index (χ0) is 20.4. The molecule has 0 bridgehead atoms. The molecule has 4 rings (SSSR count). The summed E-state index contributed by atoms with van der Waals surface area (Å²) in [7, 11) is -3.38. The van der Waals surface area contributed by atoms with Gasteiger partial charge < -0.3 is 4.90 Å². The maximum atomic E-state index is 12.5. The lowest BCUT2D eigenvalue weighted by Gasteiger charge is -2.44. The summed E-state index contributed by atoms with van der Waals surface area (Å²) in [5.74, 6) is 0.0373. The first kappa shape index (κ1) is 19.9. The van der Waals surface area contributed by atoms with Gasteiger partial charge >= 0.3 is 0 Å². The van der Waals surface area contributed by atoms with Crippen molar-refractivity contribution in [2.24, 2.45) is 0 Å². The van der Waals surface area contributed by atoms with Crippen molar-refractivity contribution in [1.29, 1.82) is 0 Å². The normalized spacial score (nSPS) is 15.0. The van der Waals surface area contributed by atoms with E-state index in [0.717, 1.165) is 20.8 Å². The van der Waals surface area contributed by atoms with Crippen LogP contribution in [0.3, 0.4) is 0 Å². The van der Waals surface area contributed by atoms with Crippen LogP contribution in [0.2, 0.25) is 0 Å². The van der Waals surface area contributed by atoms with Gasteiger partial charge in [0.15, 0.2) is 0 Å². The molecule has 0 N–H and O–H groups in total. The molecule has 1 saturated heterocycles. The van der Waals surface area contributed by atoms with E-state index in [9.17, 15) is 13.2 Å². The van der Waals surface area contributed by atoms with Crippen molar-refractivity contribution in [2.45, 2.75) is 25.4 Å². The topological polar surface area (TPSA) is 83.5 Å². The highest BCUT2D eigenvalue weighted by molar-refractivity contribution is 7.88. The van der Waals surface area contributed by atoms with Gasteiger partial charge in [0.25, 0.3) is 0 Å². The Morgan fingerprint density at radius 2 is 2.03 bits per heavy atom. The monoisotopic (exact) mass is 430 g/mol. The number of aryl methyl sites for hydroxylation is 1. The predicted octanol–water partition coefficient (Wildman–Crippen LogP) is 2.30. The second-order valence-electron chi connectivity index (χ2n) is 7.20. The molecule has 1 amide bonds. The summed E-state index contributed by atoms with van der Waals surface area (Å²) in [5.41, 5.74) is 1.79. The van der Waals surface area contributed by atoms with Gasteiger partial charge in [-0.05, 0) is 23.8 Å². The second kappa shape index (κ2) is 8.17. The summed E-state index contributed by atoms with van der Waals surface area (Å²) < 4.78 is 27.1. The molecule has 152 valence electrons. The summed E-state index contributed by atoms with van der Waals surface area (Å²) in [6.45, 7) is 1.11. The molecule has 1 aliphatic rings. The quantitative estimate of drug-likeness (QED) is 0.574. The highest BCUT2D eigenvalue weighted by atomic mass is 32.2.